The number of nitrogens with one attached hydrogen (secondary N) is 1. The Morgan fingerprint density at radius 2 is 2.10 bits per heavy atom. The molecule has 0 amide bonds. The summed E-state index contributed by atoms with van der Waals surface area (Å²) in [7, 11) is 0. The van der Waals surface area contributed by atoms with E-state index in [2.05, 4.69) is 71.0 Å². The highest BCUT2D eigenvalue weighted by Crippen LogP contribution is 2.29. The van der Waals surface area contributed by atoms with Crippen LogP contribution in [0.1, 0.15) is 36.6 Å². The Kier molecular flexibility index (Phi) is 5.99. The van der Waals surface area contributed by atoms with E-state index < -0.39 is 0 Å². The van der Waals surface area contributed by atoms with Crippen molar-refractivity contribution in [3.8, 4) is 5.75 Å². The lowest BCUT2D eigenvalue weighted by Gasteiger charge is -2.21. The molecule has 0 bridgehead atoms. The van der Waals surface area contributed by atoms with Crippen LogP contribution in [0.5, 0.6) is 5.75 Å². The highest BCUT2D eigenvalue weighted by molar-refractivity contribution is 14.1. The number of pyridine rings is 1. The van der Waals surface area contributed by atoms with Crippen LogP contribution in [0.3, 0.4) is 0 Å². The Hall–Kier alpha value is -1.14. The van der Waals surface area contributed by atoms with Crippen LogP contribution in [-0.4, -0.2) is 18.1 Å². The molecule has 2 rings (SSSR count). The Morgan fingerprint density at radius 3 is 2.81 bits per heavy atom. The Bertz CT molecular complexity index is 601. The van der Waals surface area contributed by atoms with Crippen molar-refractivity contribution in [3.63, 3.8) is 0 Å². The van der Waals surface area contributed by atoms with Crippen LogP contribution in [0.15, 0.2) is 36.7 Å². The zero-order valence-electron chi connectivity index (χ0n) is 12.7. The van der Waals surface area contributed by atoms with E-state index in [4.69, 9.17) is 4.74 Å². The highest BCUT2D eigenvalue weighted by Gasteiger charge is 2.17. The first kappa shape index (κ1) is 16.2. The molecule has 0 spiro atoms. The fourth-order valence-corrected chi connectivity index (χ4v) is 3.01. The second-order valence-corrected chi connectivity index (χ2v) is 5.93. The van der Waals surface area contributed by atoms with Gasteiger partial charge >= 0.3 is 0 Å². The van der Waals surface area contributed by atoms with Gasteiger partial charge in [-0.1, -0.05) is 25.1 Å². The summed E-state index contributed by atoms with van der Waals surface area (Å²) >= 11 is 2.42. The summed E-state index contributed by atoms with van der Waals surface area (Å²) in [6.45, 7) is 7.79. The SMILES string of the molecule is CCNC(c1cncc(OCC)c1)c1cccc(C)c1I. The number of aromatic nitrogens is 1. The first-order valence-corrected chi connectivity index (χ1v) is 8.31. The molecule has 0 saturated carbocycles. The lowest BCUT2D eigenvalue weighted by Crippen LogP contribution is -2.23. The highest BCUT2D eigenvalue weighted by atomic mass is 127. The second-order valence-electron chi connectivity index (χ2n) is 4.86. The number of ether oxygens (including phenoxy) is 1. The number of benzene rings is 1. The van der Waals surface area contributed by atoms with Crippen molar-refractivity contribution in [2.75, 3.05) is 13.2 Å². The molecule has 1 N–H and O–H groups in total. The number of hydrogen-bond donors (Lipinski definition) is 1. The minimum absolute atomic E-state index is 0.134. The number of halogens is 1. The maximum Gasteiger partial charge on any atom is 0.137 e. The maximum absolute atomic E-state index is 5.57. The van der Waals surface area contributed by atoms with E-state index in [1.165, 1.54) is 14.7 Å². The quantitative estimate of drug-likeness (QED) is 0.747. The van der Waals surface area contributed by atoms with Gasteiger partial charge in [0.1, 0.15) is 5.75 Å². The van der Waals surface area contributed by atoms with E-state index in [0.29, 0.717) is 6.61 Å². The van der Waals surface area contributed by atoms with Gasteiger partial charge in [0, 0.05) is 9.77 Å². The zero-order chi connectivity index (χ0) is 15.2. The van der Waals surface area contributed by atoms with Crippen molar-refractivity contribution in [2.24, 2.45) is 0 Å². The molecule has 1 heterocycles. The average Bonchev–Trinajstić information content (AvgIpc) is 2.49. The van der Waals surface area contributed by atoms with E-state index in [1.807, 2.05) is 13.1 Å². The van der Waals surface area contributed by atoms with E-state index in [0.717, 1.165) is 17.9 Å². The monoisotopic (exact) mass is 396 g/mol. The summed E-state index contributed by atoms with van der Waals surface area (Å²) in [5.41, 5.74) is 3.71. The lowest BCUT2D eigenvalue weighted by atomic mass is 9.98. The van der Waals surface area contributed by atoms with Gasteiger partial charge in [-0.2, -0.15) is 0 Å². The fraction of sp³-hybridized carbons (Fsp3) is 0.353. The van der Waals surface area contributed by atoms with Crippen LogP contribution >= 0.6 is 22.6 Å². The Labute approximate surface area is 140 Å². The van der Waals surface area contributed by atoms with Gasteiger partial charge in [-0.15, -0.1) is 0 Å². The van der Waals surface area contributed by atoms with E-state index >= 15 is 0 Å². The van der Waals surface area contributed by atoms with Crippen LogP contribution < -0.4 is 10.1 Å². The molecular formula is C17H21IN2O. The lowest BCUT2D eigenvalue weighted by molar-refractivity contribution is 0.338. The first-order valence-electron chi connectivity index (χ1n) is 7.23. The standard InChI is InChI=1S/C17H21IN2O/c1-4-20-17(15-8-6-7-12(3)16(15)18)13-9-14(21-5-2)11-19-10-13/h6-11,17,20H,4-5H2,1-3H3. The predicted octanol–water partition coefficient (Wildman–Crippen LogP) is 4.09. The molecule has 0 aliphatic rings. The molecule has 1 unspecified atom stereocenters. The third-order valence-electron chi connectivity index (χ3n) is 3.32. The summed E-state index contributed by atoms with van der Waals surface area (Å²) in [4.78, 5) is 4.32. The molecule has 0 aliphatic heterocycles. The minimum atomic E-state index is 0.134. The summed E-state index contributed by atoms with van der Waals surface area (Å²) < 4.78 is 6.87. The second kappa shape index (κ2) is 7.75. The van der Waals surface area contributed by atoms with Gasteiger partial charge in [-0.05, 0) is 65.7 Å². The van der Waals surface area contributed by atoms with E-state index in [9.17, 15) is 0 Å². The molecule has 21 heavy (non-hydrogen) atoms. The number of aryl methyl sites for hydroxylation is 1. The molecular weight excluding hydrogens is 375 g/mol. The fourth-order valence-electron chi connectivity index (χ4n) is 2.34. The molecule has 0 aliphatic carbocycles. The van der Waals surface area contributed by atoms with Crippen molar-refractivity contribution >= 4 is 22.6 Å². The molecule has 1 aromatic heterocycles. The first-order chi connectivity index (χ1) is 10.2. The predicted molar refractivity (Wildman–Crippen MR) is 94.8 cm³/mol. The summed E-state index contributed by atoms with van der Waals surface area (Å²) in [5, 5.41) is 3.55. The van der Waals surface area contributed by atoms with E-state index in [-0.39, 0.29) is 6.04 Å². The van der Waals surface area contributed by atoms with Gasteiger partial charge < -0.3 is 10.1 Å². The molecule has 0 saturated heterocycles. The maximum atomic E-state index is 5.57. The van der Waals surface area contributed by atoms with Crippen LogP contribution in [0, 0.1) is 10.5 Å². The van der Waals surface area contributed by atoms with Gasteiger partial charge in [0.25, 0.3) is 0 Å². The average molecular weight is 396 g/mol. The number of rotatable bonds is 6. The summed E-state index contributed by atoms with van der Waals surface area (Å²) in [5.74, 6) is 0.820. The molecule has 112 valence electrons. The summed E-state index contributed by atoms with van der Waals surface area (Å²) in [6.07, 6.45) is 3.67. The van der Waals surface area contributed by atoms with Crippen molar-refractivity contribution < 1.29 is 4.74 Å². The van der Waals surface area contributed by atoms with Gasteiger partial charge in [-0.3, -0.25) is 4.98 Å². The molecule has 1 atom stereocenters. The number of nitrogens with zero attached hydrogens (tertiary/aromatic N) is 1. The molecule has 2 aromatic rings. The molecule has 1 aromatic carbocycles. The van der Waals surface area contributed by atoms with Crippen molar-refractivity contribution in [2.45, 2.75) is 26.8 Å². The largest absolute Gasteiger partial charge is 0.492 e. The van der Waals surface area contributed by atoms with Crippen LogP contribution in [-0.2, 0) is 0 Å². The van der Waals surface area contributed by atoms with E-state index in [1.54, 1.807) is 6.20 Å². The van der Waals surface area contributed by atoms with Gasteiger partial charge in [0.05, 0.1) is 18.8 Å². The van der Waals surface area contributed by atoms with Gasteiger partial charge in [0.2, 0.25) is 0 Å². The third-order valence-corrected chi connectivity index (χ3v) is 4.79. The minimum Gasteiger partial charge on any atom is -0.492 e. The molecule has 4 heteroatoms. The normalized spacial score (nSPS) is 12.2. The van der Waals surface area contributed by atoms with Crippen molar-refractivity contribution in [1.82, 2.24) is 10.3 Å². The Balaban J connectivity index is 2.43. The van der Waals surface area contributed by atoms with Crippen LogP contribution in [0.25, 0.3) is 0 Å². The Morgan fingerprint density at radius 1 is 1.29 bits per heavy atom. The smallest absolute Gasteiger partial charge is 0.137 e. The molecule has 0 radical (unpaired) electrons. The zero-order valence-corrected chi connectivity index (χ0v) is 14.8. The summed E-state index contributed by atoms with van der Waals surface area (Å²) in [6, 6.07) is 8.63. The third kappa shape index (κ3) is 3.95. The molecule has 0 fully saturated rings. The van der Waals surface area contributed by atoms with Gasteiger partial charge in [0.15, 0.2) is 0 Å². The molecule has 3 nitrogen and oxygen atoms in total. The van der Waals surface area contributed by atoms with Crippen molar-refractivity contribution in [1.29, 1.82) is 0 Å². The van der Waals surface area contributed by atoms with Crippen molar-refractivity contribution in [3.05, 3.63) is 56.9 Å². The van der Waals surface area contributed by atoms with Crippen LogP contribution in [0.2, 0.25) is 0 Å². The number of hydrogen-bond acceptors (Lipinski definition) is 3. The van der Waals surface area contributed by atoms with Gasteiger partial charge in [-0.25, -0.2) is 0 Å². The topological polar surface area (TPSA) is 34.2 Å². The van der Waals surface area contributed by atoms with Crippen LogP contribution in [0.4, 0.5) is 0 Å².